The molecule has 0 spiro atoms. The van der Waals surface area contributed by atoms with Crippen molar-refractivity contribution in [3.8, 4) is 0 Å². The summed E-state index contributed by atoms with van der Waals surface area (Å²) in [4.78, 5) is 24.9. The Morgan fingerprint density at radius 1 is 0.688 bits per heavy atom. The Labute approximate surface area is 194 Å². The summed E-state index contributed by atoms with van der Waals surface area (Å²) >= 11 is 0. The van der Waals surface area contributed by atoms with Gasteiger partial charge in [0.1, 0.15) is 0 Å². The Hall–Kier alpha value is -2.74. The van der Waals surface area contributed by atoms with Crippen molar-refractivity contribution in [3.05, 3.63) is 93.6 Å². The number of allylic oxidation sites excluding steroid dienone is 10. The van der Waals surface area contributed by atoms with Crippen LogP contribution in [-0.4, -0.2) is 11.6 Å². The molecule has 0 aromatic heterocycles. The quantitative estimate of drug-likeness (QED) is 0.330. The third-order valence-electron chi connectivity index (χ3n) is 5.86. The standard InChI is InChI=1S/C30H38O2/c1-22(2)11-8-12-23(3)13-9-14-24(4)15-10-16-25(5)19-20-26-21-29(31)27-17-6-7-18-28(27)30(26)32/h6-7,11,13,15,17-19,21H,8-10,12,14,16,20H2,1-5H3/b23-13+,24-15+,25-19+. The molecule has 32 heavy (non-hydrogen) atoms. The summed E-state index contributed by atoms with van der Waals surface area (Å²) in [6.07, 6.45) is 17.6. The maximum atomic E-state index is 12.6. The van der Waals surface area contributed by atoms with Crippen molar-refractivity contribution in [3.63, 3.8) is 0 Å². The van der Waals surface area contributed by atoms with E-state index < -0.39 is 0 Å². The molecule has 2 rings (SSSR count). The molecule has 1 aliphatic carbocycles. The zero-order chi connectivity index (χ0) is 23.5. The fraction of sp³-hybridized carbons (Fsp3) is 0.400. The topological polar surface area (TPSA) is 34.1 Å². The first-order valence-electron chi connectivity index (χ1n) is 11.8. The highest BCUT2D eigenvalue weighted by atomic mass is 16.1. The van der Waals surface area contributed by atoms with Gasteiger partial charge in [-0.2, -0.15) is 0 Å². The van der Waals surface area contributed by atoms with Crippen molar-refractivity contribution in [2.75, 3.05) is 0 Å². The lowest BCUT2D eigenvalue weighted by atomic mass is 9.88. The SMILES string of the molecule is CC(C)=CCC/C(C)=C/CC/C(C)=C/CC/C(C)=C/CC1=CC(=O)c2ccccc2C1=O. The molecule has 1 aromatic carbocycles. The van der Waals surface area contributed by atoms with Gasteiger partial charge in [-0.15, -0.1) is 0 Å². The van der Waals surface area contributed by atoms with Crippen LogP contribution in [-0.2, 0) is 0 Å². The van der Waals surface area contributed by atoms with Gasteiger partial charge >= 0.3 is 0 Å². The van der Waals surface area contributed by atoms with E-state index in [1.165, 1.54) is 28.4 Å². The van der Waals surface area contributed by atoms with Crippen LogP contribution in [0.5, 0.6) is 0 Å². The summed E-state index contributed by atoms with van der Waals surface area (Å²) < 4.78 is 0. The molecule has 2 heteroatoms. The lowest BCUT2D eigenvalue weighted by Gasteiger charge is -2.14. The minimum absolute atomic E-state index is 0.0239. The summed E-state index contributed by atoms with van der Waals surface area (Å²) in [7, 11) is 0. The number of hydrogen-bond acceptors (Lipinski definition) is 2. The normalized spacial score (nSPS) is 14.9. The van der Waals surface area contributed by atoms with Crippen LogP contribution in [0.15, 0.2) is 82.5 Å². The van der Waals surface area contributed by atoms with Crippen LogP contribution < -0.4 is 0 Å². The number of ketones is 2. The van der Waals surface area contributed by atoms with Gasteiger partial charge in [-0.25, -0.2) is 0 Å². The molecule has 0 N–H and O–H groups in total. The summed E-state index contributed by atoms with van der Waals surface area (Å²) in [6, 6.07) is 7.07. The smallest absolute Gasteiger partial charge is 0.190 e. The second-order valence-corrected chi connectivity index (χ2v) is 9.16. The number of carbonyl (C=O) groups is 2. The molecule has 0 fully saturated rings. The van der Waals surface area contributed by atoms with E-state index in [1.807, 2.05) is 6.07 Å². The fourth-order valence-electron chi connectivity index (χ4n) is 3.79. The molecule has 0 atom stereocenters. The molecule has 170 valence electrons. The van der Waals surface area contributed by atoms with E-state index in [9.17, 15) is 9.59 Å². The van der Waals surface area contributed by atoms with Gasteiger partial charge in [0.25, 0.3) is 0 Å². The van der Waals surface area contributed by atoms with Crippen LogP contribution in [0.3, 0.4) is 0 Å². The van der Waals surface area contributed by atoms with E-state index in [0.717, 1.165) is 38.5 Å². The van der Waals surface area contributed by atoms with Crippen molar-refractivity contribution in [1.82, 2.24) is 0 Å². The number of carbonyl (C=O) groups excluding carboxylic acids is 2. The molecule has 0 amide bonds. The van der Waals surface area contributed by atoms with Crippen LogP contribution >= 0.6 is 0 Å². The predicted octanol–water partition coefficient (Wildman–Crippen LogP) is 8.53. The number of Topliss-reactive ketones (excluding diaryl/α,β-unsaturated/α-hetero) is 1. The van der Waals surface area contributed by atoms with Gasteiger partial charge in [0.15, 0.2) is 11.6 Å². The molecule has 0 unspecified atom stereocenters. The Bertz CT molecular complexity index is 976. The minimum Gasteiger partial charge on any atom is -0.289 e. The zero-order valence-electron chi connectivity index (χ0n) is 20.5. The van der Waals surface area contributed by atoms with E-state index in [1.54, 1.807) is 18.2 Å². The van der Waals surface area contributed by atoms with Gasteiger partial charge in [0.2, 0.25) is 0 Å². The predicted molar refractivity (Wildman–Crippen MR) is 136 cm³/mol. The van der Waals surface area contributed by atoms with Gasteiger partial charge < -0.3 is 0 Å². The van der Waals surface area contributed by atoms with E-state index in [4.69, 9.17) is 0 Å². The van der Waals surface area contributed by atoms with Crippen LogP contribution in [0.25, 0.3) is 0 Å². The fourth-order valence-corrected chi connectivity index (χ4v) is 3.79. The van der Waals surface area contributed by atoms with Crippen LogP contribution in [0, 0.1) is 0 Å². The lowest BCUT2D eigenvalue weighted by Crippen LogP contribution is -2.16. The molecule has 0 heterocycles. The Kier molecular flexibility index (Phi) is 10.3. The van der Waals surface area contributed by atoms with Crippen LogP contribution in [0.1, 0.15) is 100 Å². The Balaban J connectivity index is 1.77. The van der Waals surface area contributed by atoms with Crippen molar-refractivity contribution in [2.45, 2.75) is 79.6 Å². The highest BCUT2D eigenvalue weighted by molar-refractivity contribution is 6.24. The summed E-state index contributed by atoms with van der Waals surface area (Å²) in [5.41, 5.74) is 7.18. The van der Waals surface area contributed by atoms with Gasteiger partial charge in [-0.05, 0) is 85.6 Å². The highest BCUT2D eigenvalue weighted by Gasteiger charge is 2.23. The molecule has 0 radical (unpaired) electrons. The monoisotopic (exact) mass is 430 g/mol. The summed E-state index contributed by atoms with van der Waals surface area (Å²) in [5, 5.41) is 0. The Morgan fingerprint density at radius 3 is 1.75 bits per heavy atom. The Morgan fingerprint density at radius 2 is 1.19 bits per heavy atom. The van der Waals surface area contributed by atoms with Crippen molar-refractivity contribution < 1.29 is 9.59 Å². The first-order valence-corrected chi connectivity index (χ1v) is 11.8. The lowest BCUT2D eigenvalue weighted by molar-refractivity contribution is 0.0983. The first kappa shape index (κ1) is 25.5. The highest BCUT2D eigenvalue weighted by Crippen LogP contribution is 2.24. The van der Waals surface area contributed by atoms with Crippen LogP contribution in [0.4, 0.5) is 0 Å². The number of hydrogen-bond donors (Lipinski definition) is 0. The number of benzene rings is 1. The average Bonchev–Trinajstić information content (AvgIpc) is 2.75. The number of fused-ring (bicyclic) bond motifs is 1. The largest absolute Gasteiger partial charge is 0.289 e. The van der Waals surface area contributed by atoms with Gasteiger partial charge in [0.05, 0.1) is 0 Å². The molecule has 0 saturated carbocycles. The van der Waals surface area contributed by atoms with Gasteiger partial charge in [-0.1, -0.05) is 70.9 Å². The maximum Gasteiger partial charge on any atom is 0.190 e. The van der Waals surface area contributed by atoms with Crippen LogP contribution in [0.2, 0.25) is 0 Å². The third-order valence-corrected chi connectivity index (χ3v) is 5.86. The second kappa shape index (κ2) is 13.0. The van der Waals surface area contributed by atoms with Crippen molar-refractivity contribution in [1.29, 1.82) is 0 Å². The average molecular weight is 431 g/mol. The molecule has 0 aliphatic heterocycles. The molecule has 1 aromatic rings. The molecule has 0 saturated heterocycles. The minimum atomic E-state index is -0.0685. The van der Waals surface area contributed by atoms with Gasteiger partial charge in [-0.3, -0.25) is 9.59 Å². The maximum absolute atomic E-state index is 12.6. The summed E-state index contributed by atoms with van der Waals surface area (Å²) in [5.74, 6) is -0.0924. The molecular formula is C30H38O2. The van der Waals surface area contributed by atoms with E-state index in [-0.39, 0.29) is 11.6 Å². The van der Waals surface area contributed by atoms with E-state index in [0.29, 0.717) is 23.1 Å². The molecule has 1 aliphatic rings. The zero-order valence-corrected chi connectivity index (χ0v) is 20.5. The van der Waals surface area contributed by atoms with Crippen molar-refractivity contribution in [2.24, 2.45) is 0 Å². The van der Waals surface area contributed by atoms with E-state index >= 15 is 0 Å². The van der Waals surface area contributed by atoms with Crippen molar-refractivity contribution >= 4 is 11.6 Å². The first-order chi connectivity index (χ1) is 15.3. The number of rotatable bonds is 11. The van der Waals surface area contributed by atoms with E-state index in [2.05, 4.69) is 58.9 Å². The third kappa shape index (κ3) is 8.42. The molecular weight excluding hydrogens is 392 g/mol. The second-order valence-electron chi connectivity index (χ2n) is 9.16. The molecule has 2 nitrogen and oxygen atoms in total. The summed E-state index contributed by atoms with van der Waals surface area (Å²) in [6.45, 7) is 10.8. The van der Waals surface area contributed by atoms with Gasteiger partial charge in [0, 0.05) is 16.7 Å². The molecule has 0 bridgehead atoms.